The van der Waals surface area contributed by atoms with E-state index in [9.17, 15) is 10.1 Å². The van der Waals surface area contributed by atoms with Crippen LogP contribution >= 0.6 is 0 Å². The maximum atomic E-state index is 12.7. The molecule has 6 rings (SSSR count). The van der Waals surface area contributed by atoms with Crippen molar-refractivity contribution in [3.05, 3.63) is 102 Å². The molecule has 5 heteroatoms. The van der Waals surface area contributed by atoms with E-state index in [1.807, 2.05) is 43.5 Å². The number of allylic oxidation sites excluding steroid dienone is 2. The number of hydrogen-bond acceptors (Lipinski definition) is 4. The standard InChI is InChI=1S/C30H24N4O/c1-19-25-12-13-27-28(26(25)16-23(17-31)29(19)35)33-30(34(27)24-11-6-14-32-18-24)22-10-5-9-21(15-22)20-7-3-2-4-8-20/h2-11,14-16,18-19,25-26H,12-13H2,1H3. The number of fused-ring (bicyclic) bond motifs is 3. The summed E-state index contributed by atoms with van der Waals surface area (Å²) < 4.78 is 2.21. The Hall–Kier alpha value is -4.30. The number of hydrogen-bond donors (Lipinski definition) is 0. The summed E-state index contributed by atoms with van der Waals surface area (Å²) in [7, 11) is 0. The normalized spacial score (nSPS) is 21.0. The fraction of sp³-hybridized carbons (Fsp3) is 0.200. The number of Topliss-reactive ketones (excluding diaryl/α,β-unsaturated/α-hetero) is 1. The van der Waals surface area contributed by atoms with E-state index < -0.39 is 0 Å². The maximum absolute atomic E-state index is 12.7. The van der Waals surface area contributed by atoms with Crippen LogP contribution in [-0.2, 0) is 11.2 Å². The zero-order chi connectivity index (χ0) is 23.9. The fourth-order valence-electron chi connectivity index (χ4n) is 5.65. The second-order valence-electron chi connectivity index (χ2n) is 9.33. The van der Waals surface area contributed by atoms with Gasteiger partial charge in [-0.15, -0.1) is 0 Å². The predicted molar refractivity (Wildman–Crippen MR) is 135 cm³/mol. The summed E-state index contributed by atoms with van der Waals surface area (Å²) >= 11 is 0. The molecule has 0 fully saturated rings. The Morgan fingerprint density at radius 3 is 2.57 bits per heavy atom. The summed E-state index contributed by atoms with van der Waals surface area (Å²) in [5.41, 5.74) is 6.62. The highest BCUT2D eigenvalue weighted by Gasteiger charge is 2.42. The largest absolute Gasteiger partial charge is 0.295 e. The van der Waals surface area contributed by atoms with Gasteiger partial charge in [0.1, 0.15) is 11.9 Å². The van der Waals surface area contributed by atoms with Crippen LogP contribution in [0, 0.1) is 23.2 Å². The predicted octanol–water partition coefficient (Wildman–Crippen LogP) is 5.92. The molecule has 2 aromatic carbocycles. The first kappa shape index (κ1) is 21.2. The number of aromatic nitrogens is 3. The second kappa shape index (κ2) is 8.48. The van der Waals surface area contributed by atoms with E-state index in [0.29, 0.717) is 0 Å². The van der Waals surface area contributed by atoms with E-state index in [2.05, 4.69) is 58.1 Å². The van der Waals surface area contributed by atoms with E-state index in [1.54, 1.807) is 6.20 Å². The van der Waals surface area contributed by atoms with Crippen LogP contribution in [-0.4, -0.2) is 20.3 Å². The highest BCUT2D eigenvalue weighted by atomic mass is 16.1. The Bertz CT molecular complexity index is 1490. The molecular weight excluding hydrogens is 432 g/mol. The Labute approximate surface area is 204 Å². The van der Waals surface area contributed by atoms with Crippen molar-refractivity contribution in [3.8, 4) is 34.3 Å². The molecule has 0 saturated heterocycles. The topological polar surface area (TPSA) is 71.6 Å². The van der Waals surface area contributed by atoms with Crippen molar-refractivity contribution in [2.24, 2.45) is 11.8 Å². The summed E-state index contributed by atoms with van der Waals surface area (Å²) in [5.74, 6) is 0.752. The van der Waals surface area contributed by atoms with Gasteiger partial charge >= 0.3 is 0 Å². The van der Waals surface area contributed by atoms with Crippen molar-refractivity contribution in [2.45, 2.75) is 25.7 Å². The van der Waals surface area contributed by atoms with Crippen molar-refractivity contribution in [2.75, 3.05) is 0 Å². The molecule has 3 atom stereocenters. The van der Waals surface area contributed by atoms with Gasteiger partial charge in [0, 0.05) is 29.3 Å². The fourth-order valence-corrected chi connectivity index (χ4v) is 5.65. The van der Waals surface area contributed by atoms with Crippen LogP contribution in [0.2, 0.25) is 0 Å². The molecule has 2 aliphatic carbocycles. The molecule has 0 amide bonds. The highest BCUT2D eigenvalue weighted by Crippen LogP contribution is 2.46. The summed E-state index contributed by atoms with van der Waals surface area (Å²) in [6.45, 7) is 1.96. The van der Waals surface area contributed by atoms with Gasteiger partial charge in [0.05, 0.1) is 23.2 Å². The lowest BCUT2D eigenvalue weighted by Crippen LogP contribution is -2.34. The molecule has 2 heterocycles. The Balaban J connectivity index is 1.56. The van der Waals surface area contributed by atoms with Gasteiger partial charge in [-0.05, 0) is 48.1 Å². The third-order valence-corrected chi connectivity index (χ3v) is 7.42. The van der Waals surface area contributed by atoms with Crippen molar-refractivity contribution in [3.63, 3.8) is 0 Å². The molecule has 2 aromatic heterocycles. The molecule has 0 aliphatic heterocycles. The van der Waals surface area contributed by atoms with Gasteiger partial charge in [-0.25, -0.2) is 4.98 Å². The van der Waals surface area contributed by atoms with Crippen LogP contribution in [0.4, 0.5) is 0 Å². The van der Waals surface area contributed by atoms with Crippen LogP contribution < -0.4 is 0 Å². The van der Waals surface area contributed by atoms with Crippen molar-refractivity contribution in [1.82, 2.24) is 14.5 Å². The number of nitriles is 1. The first-order valence-corrected chi connectivity index (χ1v) is 12.0. The first-order valence-electron chi connectivity index (χ1n) is 12.0. The van der Waals surface area contributed by atoms with Gasteiger partial charge in [0.2, 0.25) is 0 Å². The smallest absolute Gasteiger partial charge is 0.176 e. The van der Waals surface area contributed by atoms with Crippen molar-refractivity contribution < 1.29 is 4.79 Å². The third-order valence-electron chi connectivity index (χ3n) is 7.42. The van der Waals surface area contributed by atoms with Gasteiger partial charge in [-0.1, -0.05) is 61.5 Å². The highest BCUT2D eigenvalue weighted by molar-refractivity contribution is 6.01. The van der Waals surface area contributed by atoms with Gasteiger partial charge < -0.3 is 0 Å². The van der Waals surface area contributed by atoms with E-state index in [1.165, 1.54) is 0 Å². The first-order chi connectivity index (χ1) is 17.2. The molecule has 4 aromatic rings. The van der Waals surface area contributed by atoms with Gasteiger partial charge in [-0.2, -0.15) is 5.26 Å². The quantitative estimate of drug-likeness (QED) is 0.384. The molecule has 35 heavy (non-hydrogen) atoms. The number of pyridine rings is 1. The summed E-state index contributed by atoms with van der Waals surface area (Å²) in [6, 6.07) is 24.9. The minimum absolute atomic E-state index is 0.0420. The van der Waals surface area contributed by atoms with Crippen LogP contribution in [0.25, 0.3) is 28.2 Å². The Kier molecular flexibility index (Phi) is 5.15. The third kappa shape index (κ3) is 3.50. The van der Waals surface area contributed by atoms with Crippen LogP contribution in [0.3, 0.4) is 0 Å². The number of ketones is 1. The van der Waals surface area contributed by atoms with Crippen LogP contribution in [0.5, 0.6) is 0 Å². The number of imidazole rings is 1. The molecule has 5 nitrogen and oxygen atoms in total. The van der Waals surface area contributed by atoms with Crippen LogP contribution in [0.15, 0.2) is 90.8 Å². The number of carbonyl (C=O) groups is 1. The number of benzene rings is 2. The molecule has 2 aliphatic rings. The Morgan fingerprint density at radius 2 is 1.80 bits per heavy atom. The lowest BCUT2D eigenvalue weighted by Gasteiger charge is -2.36. The minimum atomic E-state index is -0.179. The zero-order valence-corrected chi connectivity index (χ0v) is 19.4. The monoisotopic (exact) mass is 456 g/mol. The summed E-state index contributed by atoms with van der Waals surface area (Å²) in [4.78, 5) is 22.3. The summed E-state index contributed by atoms with van der Waals surface area (Å²) in [5, 5.41) is 9.60. The Morgan fingerprint density at radius 1 is 1.00 bits per heavy atom. The van der Waals surface area contributed by atoms with Crippen molar-refractivity contribution in [1.29, 1.82) is 5.26 Å². The minimum Gasteiger partial charge on any atom is -0.295 e. The van der Waals surface area contributed by atoms with Gasteiger partial charge in [0.25, 0.3) is 0 Å². The molecular formula is C30H24N4O. The molecule has 170 valence electrons. The maximum Gasteiger partial charge on any atom is 0.176 e. The number of rotatable bonds is 3. The average Bonchev–Trinajstić information content (AvgIpc) is 3.32. The summed E-state index contributed by atoms with van der Waals surface area (Å²) in [6.07, 6.45) is 7.20. The van der Waals surface area contributed by atoms with Gasteiger partial charge in [0.15, 0.2) is 5.78 Å². The molecule has 0 saturated carbocycles. The molecule has 0 spiro atoms. The number of nitrogens with zero attached hydrogens (tertiary/aromatic N) is 4. The zero-order valence-electron chi connectivity index (χ0n) is 19.4. The van der Waals surface area contributed by atoms with E-state index in [4.69, 9.17) is 4.98 Å². The lowest BCUT2D eigenvalue weighted by atomic mass is 9.67. The van der Waals surface area contributed by atoms with Crippen LogP contribution in [0.1, 0.15) is 30.7 Å². The molecule has 0 radical (unpaired) electrons. The second-order valence-corrected chi connectivity index (χ2v) is 9.33. The molecule has 0 N–H and O–H groups in total. The van der Waals surface area contributed by atoms with Gasteiger partial charge in [-0.3, -0.25) is 14.3 Å². The van der Waals surface area contributed by atoms with E-state index in [-0.39, 0.29) is 29.1 Å². The molecule has 0 bridgehead atoms. The van der Waals surface area contributed by atoms with E-state index >= 15 is 0 Å². The SMILES string of the molecule is CC1C(=O)C(C#N)=CC2c3nc(-c4cccc(-c5ccccc5)c4)n(-c4cccnc4)c3CCC12. The van der Waals surface area contributed by atoms with Crippen molar-refractivity contribution >= 4 is 5.78 Å². The lowest BCUT2D eigenvalue weighted by molar-refractivity contribution is -0.120. The average molecular weight is 457 g/mol. The van der Waals surface area contributed by atoms with E-state index in [0.717, 1.165) is 52.4 Å². The molecule has 3 unspecified atom stereocenters. The number of carbonyl (C=O) groups excluding carboxylic acids is 1.